The van der Waals surface area contributed by atoms with Gasteiger partial charge < -0.3 is 20.5 Å². The minimum atomic E-state index is -0.686. The summed E-state index contributed by atoms with van der Waals surface area (Å²) in [5.74, 6) is -0.349. The first-order valence-corrected chi connectivity index (χ1v) is 9.16. The Labute approximate surface area is 204 Å². The van der Waals surface area contributed by atoms with Crippen molar-refractivity contribution in [3.8, 4) is 23.3 Å². The summed E-state index contributed by atoms with van der Waals surface area (Å²) in [6.07, 6.45) is 1.48. The molecule has 1 aromatic heterocycles. The van der Waals surface area contributed by atoms with Crippen molar-refractivity contribution < 1.29 is 19.0 Å². The molecule has 2 amide bonds. The van der Waals surface area contributed by atoms with Crippen LogP contribution in [0.1, 0.15) is 5.56 Å². The number of aromatic hydroxyl groups is 1. The van der Waals surface area contributed by atoms with E-state index in [2.05, 4.69) is 15.6 Å². The van der Waals surface area contributed by atoms with Gasteiger partial charge in [0.25, 0.3) is 0 Å². The number of fused-ring (bicyclic) bond motifs is 1. The monoisotopic (exact) mass is 438 g/mol. The number of halogens is 1. The number of aromatic nitrogens is 1. The molecule has 9 heteroatoms. The average molecular weight is 438 g/mol. The van der Waals surface area contributed by atoms with Gasteiger partial charge in [-0.15, -0.1) is 0 Å². The molecule has 3 aromatic carbocycles. The molecule has 4 rings (SSSR count). The summed E-state index contributed by atoms with van der Waals surface area (Å²) in [6, 6.07) is 18.5. The van der Waals surface area contributed by atoms with Gasteiger partial charge in [0, 0.05) is 29.4 Å². The third-order valence-corrected chi connectivity index (χ3v) is 4.39. The number of carbonyl (C=O) groups excluding carboxylic acids is 1. The molecule has 4 aromatic rings. The van der Waals surface area contributed by atoms with Gasteiger partial charge in [-0.1, -0.05) is 18.2 Å². The molecule has 0 bridgehead atoms. The molecule has 3 N–H and O–H groups in total. The molecule has 32 heavy (non-hydrogen) atoms. The molecular formula is C23H16FN4NaO3. The first-order chi connectivity index (χ1) is 15.0. The van der Waals surface area contributed by atoms with Crippen LogP contribution < -0.4 is 15.4 Å². The van der Waals surface area contributed by atoms with Gasteiger partial charge in [-0.3, -0.25) is 4.98 Å². The van der Waals surface area contributed by atoms with E-state index in [-0.39, 0.29) is 52.3 Å². The summed E-state index contributed by atoms with van der Waals surface area (Å²) in [4.78, 5) is 16.2. The van der Waals surface area contributed by atoms with E-state index in [0.717, 1.165) is 6.07 Å². The van der Waals surface area contributed by atoms with Crippen molar-refractivity contribution >= 4 is 57.9 Å². The van der Waals surface area contributed by atoms with Crippen molar-refractivity contribution in [2.75, 3.05) is 10.6 Å². The van der Waals surface area contributed by atoms with E-state index >= 15 is 0 Å². The fraction of sp³-hybridized carbons (Fsp3) is 0. The third kappa shape index (κ3) is 5.15. The van der Waals surface area contributed by atoms with Gasteiger partial charge in [-0.2, -0.15) is 5.26 Å². The Morgan fingerprint density at radius 1 is 1.06 bits per heavy atom. The normalized spacial score (nSPS) is 10.0. The quantitative estimate of drug-likeness (QED) is 0.399. The maximum absolute atomic E-state index is 14.5. The van der Waals surface area contributed by atoms with Gasteiger partial charge in [0.05, 0.1) is 16.8 Å². The number of hydrogen-bond donors (Lipinski definition) is 3. The third-order valence-electron chi connectivity index (χ3n) is 4.39. The van der Waals surface area contributed by atoms with Gasteiger partial charge >= 0.3 is 35.6 Å². The molecule has 0 spiro atoms. The number of pyridine rings is 1. The summed E-state index contributed by atoms with van der Waals surface area (Å²) in [5, 5.41) is 24.5. The van der Waals surface area contributed by atoms with Crippen LogP contribution in [0, 0.1) is 17.1 Å². The number of anilines is 2. The molecule has 0 aliphatic heterocycles. The number of phenolic OH excluding ortho intramolecular Hbond substituents is 1. The number of urea groups is 1. The number of carbonyl (C=O) groups is 1. The van der Waals surface area contributed by atoms with Gasteiger partial charge in [-0.25, -0.2) is 9.18 Å². The molecule has 0 aliphatic rings. The fourth-order valence-electron chi connectivity index (χ4n) is 2.93. The average Bonchev–Trinajstić information content (AvgIpc) is 2.76. The molecule has 154 valence electrons. The van der Waals surface area contributed by atoms with Crippen LogP contribution in [0.15, 0.2) is 72.9 Å². The van der Waals surface area contributed by atoms with E-state index in [9.17, 15) is 14.3 Å². The minimum absolute atomic E-state index is 0. The van der Waals surface area contributed by atoms with Crippen LogP contribution in [0.25, 0.3) is 10.9 Å². The second-order valence-electron chi connectivity index (χ2n) is 6.50. The second-order valence-corrected chi connectivity index (χ2v) is 6.50. The maximum atomic E-state index is 14.5. The predicted octanol–water partition coefficient (Wildman–Crippen LogP) is 4.74. The Hall–Kier alpha value is -3.64. The second kappa shape index (κ2) is 10.1. The zero-order valence-corrected chi connectivity index (χ0v) is 16.0. The zero-order chi connectivity index (χ0) is 21.8. The number of para-hydroxylation sites is 1. The summed E-state index contributed by atoms with van der Waals surface area (Å²) in [6.45, 7) is 0. The van der Waals surface area contributed by atoms with Crippen LogP contribution >= 0.6 is 0 Å². The summed E-state index contributed by atoms with van der Waals surface area (Å²) < 4.78 is 20.3. The van der Waals surface area contributed by atoms with E-state index in [1.54, 1.807) is 30.3 Å². The van der Waals surface area contributed by atoms with Gasteiger partial charge in [0.1, 0.15) is 29.1 Å². The van der Waals surface area contributed by atoms with Crippen LogP contribution in [-0.2, 0) is 0 Å². The molecule has 0 radical (unpaired) electrons. The van der Waals surface area contributed by atoms with Crippen LogP contribution in [0.2, 0.25) is 0 Å². The number of ether oxygens (including phenoxy) is 1. The number of benzene rings is 3. The van der Waals surface area contributed by atoms with E-state index in [4.69, 9.17) is 10.00 Å². The molecule has 1 heterocycles. The topological polar surface area (TPSA) is 107 Å². The first kappa shape index (κ1) is 23.0. The molecule has 0 aliphatic carbocycles. The molecular weight excluding hydrogens is 422 g/mol. The molecule has 0 saturated carbocycles. The number of phenols is 1. The predicted molar refractivity (Wildman–Crippen MR) is 121 cm³/mol. The SMILES string of the molecule is N#Cc1cc2c(Oc3ccc(NC(=O)Nc4ccccc4)c(F)c3)ccnc2cc1O.[NaH]. The molecule has 0 unspecified atom stereocenters. The van der Waals surface area contributed by atoms with Crippen LogP contribution in [-0.4, -0.2) is 45.7 Å². The van der Waals surface area contributed by atoms with E-state index < -0.39 is 11.8 Å². The van der Waals surface area contributed by atoms with Crippen molar-refractivity contribution in [3.63, 3.8) is 0 Å². The molecule has 7 nitrogen and oxygen atoms in total. The van der Waals surface area contributed by atoms with Crippen molar-refractivity contribution in [3.05, 3.63) is 84.3 Å². The number of rotatable bonds is 4. The number of amides is 2. The number of nitrogens with one attached hydrogen (secondary N) is 2. The van der Waals surface area contributed by atoms with Gasteiger partial charge in [0.2, 0.25) is 0 Å². The Balaban J connectivity index is 0.00000289. The Morgan fingerprint density at radius 3 is 2.56 bits per heavy atom. The first-order valence-electron chi connectivity index (χ1n) is 9.16. The number of nitrogens with zero attached hydrogens (tertiary/aromatic N) is 2. The Bertz CT molecular complexity index is 1330. The van der Waals surface area contributed by atoms with Crippen LogP contribution in [0.5, 0.6) is 17.2 Å². The van der Waals surface area contributed by atoms with Crippen LogP contribution in [0.4, 0.5) is 20.6 Å². The summed E-state index contributed by atoms with van der Waals surface area (Å²) in [7, 11) is 0. The zero-order valence-electron chi connectivity index (χ0n) is 16.0. The van der Waals surface area contributed by atoms with E-state index in [0.29, 0.717) is 22.3 Å². The van der Waals surface area contributed by atoms with Gasteiger partial charge in [0.15, 0.2) is 0 Å². The molecule has 0 fully saturated rings. The number of nitriles is 1. The van der Waals surface area contributed by atoms with Crippen molar-refractivity contribution in [1.29, 1.82) is 5.26 Å². The summed E-state index contributed by atoms with van der Waals surface area (Å²) in [5.41, 5.74) is 1.05. The Kier molecular flexibility index (Phi) is 7.28. The van der Waals surface area contributed by atoms with E-state index in [1.165, 1.54) is 30.5 Å². The van der Waals surface area contributed by atoms with Crippen molar-refractivity contribution in [2.24, 2.45) is 0 Å². The summed E-state index contributed by atoms with van der Waals surface area (Å²) >= 11 is 0. The van der Waals surface area contributed by atoms with E-state index in [1.807, 2.05) is 12.1 Å². The molecule has 0 saturated heterocycles. The molecule has 0 atom stereocenters. The number of hydrogen-bond acceptors (Lipinski definition) is 5. The van der Waals surface area contributed by atoms with Gasteiger partial charge in [-0.05, 0) is 36.4 Å². The van der Waals surface area contributed by atoms with Crippen molar-refractivity contribution in [1.82, 2.24) is 4.98 Å². The standard InChI is InChI=1S/C23H15FN4O3.Na.H/c24-18-11-16(6-7-19(18)28-23(30)27-15-4-2-1-3-5-15)31-22-8-9-26-20-12-21(29)14(13-25)10-17(20)22;;/h1-12,29H,(H2,27,28,30);;. The van der Waals surface area contributed by atoms with Crippen LogP contribution in [0.3, 0.4) is 0 Å². The fourth-order valence-corrected chi connectivity index (χ4v) is 2.93. The van der Waals surface area contributed by atoms with Crippen molar-refractivity contribution in [2.45, 2.75) is 0 Å². The Morgan fingerprint density at radius 2 is 1.84 bits per heavy atom.